The third kappa shape index (κ3) is 3.20. The summed E-state index contributed by atoms with van der Waals surface area (Å²) in [7, 11) is 1.93. The number of ether oxygens (including phenoxy) is 1. The number of rotatable bonds is 5. The maximum atomic E-state index is 5.65. The summed E-state index contributed by atoms with van der Waals surface area (Å²) in [6.07, 6.45) is 1.01. The van der Waals surface area contributed by atoms with Gasteiger partial charge in [-0.1, -0.05) is 6.92 Å². The van der Waals surface area contributed by atoms with Crippen LogP contribution in [0.4, 0.5) is 0 Å². The van der Waals surface area contributed by atoms with Gasteiger partial charge >= 0.3 is 0 Å². The van der Waals surface area contributed by atoms with E-state index in [0.29, 0.717) is 0 Å². The molecule has 0 aliphatic carbocycles. The zero-order valence-corrected chi connectivity index (χ0v) is 10.1. The molecule has 0 saturated carbocycles. The number of nitrogens with zero attached hydrogens (tertiary/aromatic N) is 1. The molecule has 0 aliphatic rings. The van der Waals surface area contributed by atoms with Crippen molar-refractivity contribution in [3.63, 3.8) is 0 Å². The Morgan fingerprint density at radius 1 is 1.40 bits per heavy atom. The number of hydrogen-bond acceptors (Lipinski definition) is 3. The van der Waals surface area contributed by atoms with E-state index in [1.807, 2.05) is 14.0 Å². The molecule has 1 N–H and O–H groups in total. The van der Waals surface area contributed by atoms with Gasteiger partial charge in [0.1, 0.15) is 0 Å². The van der Waals surface area contributed by atoms with E-state index in [1.165, 1.54) is 5.56 Å². The number of pyridine rings is 1. The molecule has 0 saturated heterocycles. The molecule has 0 amide bonds. The van der Waals surface area contributed by atoms with Crippen LogP contribution in [0.1, 0.15) is 30.2 Å². The van der Waals surface area contributed by atoms with Crippen molar-refractivity contribution in [3.8, 4) is 5.88 Å². The van der Waals surface area contributed by atoms with Crippen LogP contribution in [0.15, 0.2) is 6.07 Å². The molecule has 0 aromatic carbocycles. The van der Waals surface area contributed by atoms with Crippen molar-refractivity contribution in [1.29, 1.82) is 0 Å². The second kappa shape index (κ2) is 5.71. The summed E-state index contributed by atoms with van der Waals surface area (Å²) in [4.78, 5) is 4.43. The second-order valence-electron chi connectivity index (χ2n) is 3.74. The molecule has 0 spiro atoms. The van der Waals surface area contributed by atoms with Crippen molar-refractivity contribution in [2.24, 2.45) is 0 Å². The van der Waals surface area contributed by atoms with Gasteiger partial charge in [0.25, 0.3) is 0 Å². The summed E-state index contributed by atoms with van der Waals surface area (Å²) in [5.74, 6) is 0.781. The number of aryl methyl sites for hydroxylation is 2. The highest BCUT2D eigenvalue weighted by Gasteiger charge is 2.08. The highest BCUT2D eigenvalue weighted by atomic mass is 16.5. The molecule has 1 rings (SSSR count). The Kier molecular flexibility index (Phi) is 4.56. The maximum absolute atomic E-state index is 5.65. The molecule has 15 heavy (non-hydrogen) atoms. The van der Waals surface area contributed by atoms with Crippen LogP contribution in [0.25, 0.3) is 0 Å². The summed E-state index contributed by atoms with van der Waals surface area (Å²) < 4.78 is 5.65. The van der Waals surface area contributed by atoms with Crippen molar-refractivity contribution in [1.82, 2.24) is 10.3 Å². The van der Waals surface area contributed by atoms with Crippen molar-refractivity contribution in [2.45, 2.75) is 33.7 Å². The molecule has 0 unspecified atom stereocenters. The van der Waals surface area contributed by atoms with Crippen LogP contribution in [-0.4, -0.2) is 18.6 Å². The molecular weight excluding hydrogens is 188 g/mol. The molecule has 0 aliphatic heterocycles. The first-order valence-electron chi connectivity index (χ1n) is 5.43. The molecule has 1 aromatic rings. The zero-order chi connectivity index (χ0) is 11.3. The van der Waals surface area contributed by atoms with Crippen LogP contribution in [-0.2, 0) is 6.54 Å². The fourth-order valence-electron chi connectivity index (χ4n) is 1.54. The Labute approximate surface area is 91.9 Å². The van der Waals surface area contributed by atoms with Crippen LogP contribution < -0.4 is 10.1 Å². The van der Waals surface area contributed by atoms with Gasteiger partial charge < -0.3 is 10.1 Å². The first kappa shape index (κ1) is 12.0. The summed E-state index contributed by atoms with van der Waals surface area (Å²) in [6, 6.07) is 2.09. The SMILES string of the molecule is CCCOc1nc(C)cc(C)c1CNC. The second-order valence-corrected chi connectivity index (χ2v) is 3.74. The summed E-state index contributed by atoms with van der Waals surface area (Å²) in [5.41, 5.74) is 3.41. The van der Waals surface area contributed by atoms with Gasteiger partial charge in [-0.05, 0) is 38.9 Å². The van der Waals surface area contributed by atoms with Gasteiger partial charge in [0, 0.05) is 17.8 Å². The van der Waals surface area contributed by atoms with Gasteiger partial charge in [0.15, 0.2) is 0 Å². The predicted molar refractivity (Wildman–Crippen MR) is 62.3 cm³/mol. The minimum absolute atomic E-state index is 0.729. The van der Waals surface area contributed by atoms with E-state index in [0.717, 1.165) is 36.7 Å². The maximum Gasteiger partial charge on any atom is 0.218 e. The average molecular weight is 208 g/mol. The van der Waals surface area contributed by atoms with Crippen molar-refractivity contribution in [2.75, 3.05) is 13.7 Å². The first-order chi connectivity index (χ1) is 7.19. The van der Waals surface area contributed by atoms with Crippen LogP contribution in [0, 0.1) is 13.8 Å². The third-order valence-corrected chi connectivity index (χ3v) is 2.23. The lowest BCUT2D eigenvalue weighted by Gasteiger charge is -2.13. The Morgan fingerprint density at radius 2 is 2.13 bits per heavy atom. The Bertz CT molecular complexity index is 324. The number of aromatic nitrogens is 1. The van der Waals surface area contributed by atoms with Crippen molar-refractivity contribution in [3.05, 3.63) is 22.9 Å². The Hall–Kier alpha value is -1.09. The fraction of sp³-hybridized carbons (Fsp3) is 0.583. The van der Waals surface area contributed by atoms with E-state index < -0.39 is 0 Å². The minimum atomic E-state index is 0.729. The molecular formula is C12H20N2O. The van der Waals surface area contributed by atoms with Crippen LogP contribution in [0.5, 0.6) is 5.88 Å². The highest BCUT2D eigenvalue weighted by molar-refractivity contribution is 5.35. The molecule has 0 bridgehead atoms. The van der Waals surface area contributed by atoms with E-state index in [9.17, 15) is 0 Å². The molecule has 0 fully saturated rings. The molecule has 1 aromatic heterocycles. The van der Waals surface area contributed by atoms with Crippen LogP contribution in [0.2, 0.25) is 0 Å². The monoisotopic (exact) mass is 208 g/mol. The minimum Gasteiger partial charge on any atom is -0.477 e. The number of hydrogen-bond donors (Lipinski definition) is 1. The van der Waals surface area contributed by atoms with Crippen LogP contribution >= 0.6 is 0 Å². The zero-order valence-electron chi connectivity index (χ0n) is 10.1. The van der Waals surface area contributed by atoms with E-state index >= 15 is 0 Å². The summed E-state index contributed by atoms with van der Waals surface area (Å²) >= 11 is 0. The van der Waals surface area contributed by atoms with Crippen LogP contribution in [0.3, 0.4) is 0 Å². The van der Waals surface area contributed by atoms with E-state index in [-0.39, 0.29) is 0 Å². The topological polar surface area (TPSA) is 34.1 Å². The van der Waals surface area contributed by atoms with Gasteiger partial charge in [0.2, 0.25) is 5.88 Å². The Balaban J connectivity index is 2.97. The highest BCUT2D eigenvalue weighted by Crippen LogP contribution is 2.20. The Morgan fingerprint density at radius 3 is 2.73 bits per heavy atom. The average Bonchev–Trinajstić information content (AvgIpc) is 2.19. The smallest absolute Gasteiger partial charge is 0.218 e. The van der Waals surface area contributed by atoms with E-state index in [4.69, 9.17) is 4.74 Å². The summed E-state index contributed by atoms with van der Waals surface area (Å²) in [5, 5.41) is 3.14. The molecule has 3 nitrogen and oxygen atoms in total. The normalized spacial score (nSPS) is 10.4. The first-order valence-corrected chi connectivity index (χ1v) is 5.43. The standard InChI is InChI=1S/C12H20N2O/c1-5-6-15-12-11(8-13-4)9(2)7-10(3)14-12/h7,13H,5-6,8H2,1-4H3. The van der Waals surface area contributed by atoms with Gasteiger partial charge in [-0.2, -0.15) is 0 Å². The van der Waals surface area contributed by atoms with Gasteiger partial charge in [-0.3, -0.25) is 0 Å². The third-order valence-electron chi connectivity index (χ3n) is 2.23. The molecule has 0 atom stereocenters. The largest absolute Gasteiger partial charge is 0.477 e. The predicted octanol–water partition coefficient (Wildman–Crippen LogP) is 2.21. The van der Waals surface area contributed by atoms with Crippen molar-refractivity contribution < 1.29 is 4.74 Å². The van der Waals surface area contributed by atoms with Gasteiger partial charge in [0.05, 0.1) is 6.61 Å². The number of nitrogens with one attached hydrogen (secondary N) is 1. The summed E-state index contributed by atoms with van der Waals surface area (Å²) in [6.45, 7) is 7.72. The van der Waals surface area contributed by atoms with E-state index in [1.54, 1.807) is 0 Å². The molecule has 3 heteroatoms. The lowest BCUT2D eigenvalue weighted by Crippen LogP contribution is -2.11. The lowest BCUT2D eigenvalue weighted by atomic mass is 10.1. The molecule has 1 heterocycles. The van der Waals surface area contributed by atoms with Gasteiger partial charge in [-0.25, -0.2) is 4.98 Å². The lowest BCUT2D eigenvalue weighted by molar-refractivity contribution is 0.300. The van der Waals surface area contributed by atoms with E-state index in [2.05, 4.69) is 30.2 Å². The fourth-order valence-corrected chi connectivity index (χ4v) is 1.54. The van der Waals surface area contributed by atoms with Gasteiger partial charge in [-0.15, -0.1) is 0 Å². The quantitative estimate of drug-likeness (QED) is 0.805. The van der Waals surface area contributed by atoms with Crippen molar-refractivity contribution >= 4 is 0 Å². The molecule has 84 valence electrons. The molecule has 0 radical (unpaired) electrons.